The van der Waals surface area contributed by atoms with E-state index in [0.717, 1.165) is 30.6 Å². The summed E-state index contributed by atoms with van der Waals surface area (Å²) in [5.41, 5.74) is 1.78. The average Bonchev–Trinajstić information content (AvgIpc) is 3.09. The van der Waals surface area contributed by atoms with Gasteiger partial charge in [-0.15, -0.1) is 0 Å². The lowest BCUT2D eigenvalue weighted by Gasteiger charge is -2.12. The lowest BCUT2D eigenvalue weighted by Crippen LogP contribution is -2.09. The maximum Gasteiger partial charge on any atom is 0.0876 e. The van der Waals surface area contributed by atoms with Crippen molar-refractivity contribution < 1.29 is 5.11 Å². The highest BCUT2D eigenvalue weighted by Crippen LogP contribution is 2.19. The summed E-state index contributed by atoms with van der Waals surface area (Å²) in [5.74, 6) is 0. The first-order valence-electron chi connectivity index (χ1n) is 7.42. The molecule has 0 saturated carbocycles. The van der Waals surface area contributed by atoms with Gasteiger partial charge in [-0.3, -0.25) is 9.36 Å². The molecule has 110 valence electrons. The van der Waals surface area contributed by atoms with Crippen LogP contribution in [0.25, 0.3) is 0 Å². The molecule has 2 aromatic rings. The maximum atomic E-state index is 10.2. The molecule has 0 saturated heterocycles. The van der Waals surface area contributed by atoms with E-state index in [1.807, 2.05) is 34.7 Å². The number of hydrogen-bond acceptors (Lipinski definition) is 3. The Morgan fingerprint density at radius 2 is 2.00 bits per heavy atom. The third kappa shape index (κ3) is 3.28. The van der Waals surface area contributed by atoms with Gasteiger partial charge in [0.2, 0.25) is 0 Å². The van der Waals surface area contributed by atoms with E-state index in [1.54, 1.807) is 6.20 Å². The molecule has 20 heavy (non-hydrogen) atoms. The largest absolute Gasteiger partial charge is 0.388 e. The first-order valence-corrected chi connectivity index (χ1v) is 7.42. The molecular formula is C15H24N4O. The maximum absolute atomic E-state index is 10.2. The van der Waals surface area contributed by atoms with Gasteiger partial charge in [0.05, 0.1) is 24.0 Å². The van der Waals surface area contributed by atoms with Crippen LogP contribution in [-0.2, 0) is 13.0 Å². The van der Waals surface area contributed by atoms with E-state index in [2.05, 4.69) is 24.0 Å². The summed E-state index contributed by atoms with van der Waals surface area (Å²) >= 11 is 0. The molecule has 0 amide bonds. The molecule has 2 aromatic heterocycles. The van der Waals surface area contributed by atoms with Crippen LogP contribution in [0.1, 0.15) is 57.0 Å². The zero-order chi connectivity index (χ0) is 14.5. The van der Waals surface area contributed by atoms with Gasteiger partial charge in [0.25, 0.3) is 0 Å². The van der Waals surface area contributed by atoms with Crippen molar-refractivity contribution in [1.82, 2.24) is 19.6 Å². The Balaban J connectivity index is 2.02. The summed E-state index contributed by atoms with van der Waals surface area (Å²) in [6, 6.07) is 2.44. The zero-order valence-corrected chi connectivity index (χ0v) is 12.5. The fourth-order valence-electron chi connectivity index (χ4n) is 2.39. The van der Waals surface area contributed by atoms with E-state index in [1.165, 1.54) is 0 Å². The number of aryl methyl sites for hydroxylation is 1. The highest BCUT2D eigenvalue weighted by Gasteiger charge is 2.14. The Hall–Kier alpha value is -1.62. The van der Waals surface area contributed by atoms with Crippen LogP contribution in [-0.4, -0.2) is 24.7 Å². The number of nitrogens with zero attached hydrogens (tertiary/aromatic N) is 4. The monoisotopic (exact) mass is 276 g/mol. The number of aliphatic hydroxyl groups is 1. The lowest BCUT2D eigenvalue weighted by molar-refractivity contribution is 0.176. The molecule has 0 spiro atoms. The quantitative estimate of drug-likeness (QED) is 0.846. The molecule has 2 heterocycles. The van der Waals surface area contributed by atoms with Gasteiger partial charge in [0, 0.05) is 30.9 Å². The Morgan fingerprint density at radius 1 is 1.25 bits per heavy atom. The van der Waals surface area contributed by atoms with Gasteiger partial charge in [-0.25, -0.2) is 0 Å². The van der Waals surface area contributed by atoms with Crippen molar-refractivity contribution in [3.8, 4) is 0 Å². The molecule has 0 aromatic carbocycles. The topological polar surface area (TPSA) is 55.9 Å². The normalized spacial score (nSPS) is 13.1. The first-order chi connectivity index (χ1) is 9.67. The van der Waals surface area contributed by atoms with Crippen LogP contribution in [0.15, 0.2) is 24.7 Å². The Kier molecular flexibility index (Phi) is 4.95. The standard InChI is InChI=1S/C15H24N4O/c1-4-14(5-2)19-8-7-13(17-19)9-15(20)12-10-16-18(6-3)11-12/h7-8,10-11,14-15,20H,4-6,9H2,1-3H3. The molecule has 1 N–H and O–H groups in total. The summed E-state index contributed by atoms with van der Waals surface area (Å²) in [4.78, 5) is 0. The fraction of sp³-hybridized carbons (Fsp3) is 0.600. The summed E-state index contributed by atoms with van der Waals surface area (Å²) in [5, 5.41) is 19.0. The molecule has 5 heteroatoms. The Morgan fingerprint density at radius 3 is 2.60 bits per heavy atom. The summed E-state index contributed by atoms with van der Waals surface area (Å²) in [7, 11) is 0. The molecule has 0 bridgehead atoms. The third-order valence-electron chi connectivity index (χ3n) is 3.74. The Bertz CT molecular complexity index is 527. The summed E-state index contributed by atoms with van der Waals surface area (Å²) < 4.78 is 3.83. The number of hydrogen-bond donors (Lipinski definition) is 1. The van der Waals surface area contributed by atoms with Crippen LogP contribution in [0, 0.1) is 0 Å². The molecule has 0 aliphatic carbocycles. The van der Waals surface area contributed by atoms with Crippen LogP contribution in [0.3, 0.4) is 0 Å². The molecule has 1 unspecified atom stereocenters. The SMILES string of the molecule is CCC(CC)n1ccc(CC(O)c2cnn(CC)c2)n1. The van der Waals surface area contributed by atoms with Crippen LogP contribution in [0.5, 0.6) is 0 Å². The van der Waals surface area contributed by atoms with Crippen LogP contribution in [0.4, 0.5) is 0 Å². The van der Waals surface area contributed by atoms with Gasteiger partial charge < -0.3 is 5.11 Å². The van der Waals surface area contributed by atoms with Gasteiger partial charge in [-0.2, -0.15) is 10.2 Å². The molecular weight excluding hydrogens is 252 g/mol. The number of aromatic nitrogens is 4. The lowest BCUT2D eigenvalue weighted by atomic mass is 10.1. The Labute approximate surface area is 120 Å². The van der Waals surface area contributed by atoms with Crippen molar-refractivity contribution in [3.05, 3.63) is 35.9 Å². The van der Waals surface area contributed by atoms with E-state index in [4.69, 9.17) is 0 Å². The van der Waals surface area contributed by atoms with E-state index in [0.29, 0.717) is 12.5 Å². The van der Waals surface area contributed by atoms with Crippen molar-refractivity contribution in [2.24, 2.45) is 0 Å². The van der Waals surface area contributed by atoms with Crippen LogP contribution < -0.4 is 0 Å². The third-order valence-corrected chi connectivity index (χ3v) is 3.74. The second-order valence-corrected chi connectivity index (χ2v) is 5.11. The van der Waals surface area contributed by atoms with Crippen molar-refractivity contribution in [2.75, 3.05) is 0 Å². The second-order valence-electron chi connectivity index (χ2n) is 5.11. The molecule has 2 rings (SSSR count). The number of rotatable bonds is 7. The van der Waals surface area contributed by atoms with Crippen molar-refractivity contribution in [1.29, 1.82) is 0 Å². The predicted octanol–water partition coefficient (Wildman–Crippen LogP) is 2.74. The van der Waals surface area contributed by atoms with Crippen LogP contribution >= 0.6 is 0 Å². The second kappa shape index (κ2) is 6.70. The van der Waals surface area contributed by atoms with E-state index in [-0.39, 0.29) is 0 Å². The number of aliphatic hydroxyl groups excluding tert-OH is 1. The highest BCUT2D eigenvalue weighted by atomic mass is 16.3. The molecule has 0 radical (unpaired) electrons. The van der Waals surface area contributed by atoms with Gasteiger partial charge in [-0.05, 0) is 25.8 Å². The smallest absolute Gasteiger partial charge is 0.0876 e. The van der Waals surface area contributed by atoms with Gasteiger partial charge in [0.1, 0.15) is 0 Å². The van der Waals surface area contributed by atoms with Crippen molar-refractivity contribution >= 4 is 0 Å². The summed E-state index contributed by atoms with van der Waals surface area (Å²) in [6.07, 6.45) is 7.76. The molecule has 0 aliphatic rings. The molecule has 1 atom stereocenters. The van der Waals surface area contributed by atoms with Gasteiger partial charge in [-0.1, -0.05) is 13.8 Å². The minimum absolute atomic E-state index is 0.448. The fourth-order valence-corrected chi connectivity index (χ4v) is 2.39. The van der Waals surface area contributed by atoms with Gasteiger partial charge >= 0.3 is 0 Å². The predicted molar refractivity (Wildman–Crippen MR) is 78.4 cm³/mol. The summed E-state index contributed by atoms with van der Waals surface area (Å²) in [6.45, 7) is 7.18. The first kappa shape index (κ1) is 14.8. The highest BCUT2D eigenvalue weighted by molar-refractivity contribution is 5.12. The molecule has 0 aliphatic heterocycles. The minimum atomic E-state index is -0.541. The van der Waals surface area contributed by atoms with E-state index < -0.39 is 6.10 Å². The average molecular weight is 276 g/mol. The van der Waals surface area contributed by atoms with E-state index >= 15 is 0 Å². The van der Waals surface area contributed by atoms with Crippen molar-refractivity contribution in [3.63, 3.8) is 0 Å². The van der Waals surface area contributed by atoms with Crippen molar-refractivity contribution in [2.45, 2.75) is 58.7 Å². The minimum Gasteiger partial charge on any atom is -0.388 e. The molecule has 0 fully saturated rings. The van der Waals surface area contributed by atoms with Gasteiger partial charge in [0.15, 0.2) is 0 Å². The molecule has 5 nitrogen and oxygen atoms in total. The van der Waals surface area contributed by atoms with E-state index in [9.17, 15) is 5.11 Å². The van der Waals surface area contributed by atoms with Crippen LogP contribution in [0.2, 0.25) is 0 Å². The zero-order valence-electron chi connectivity index (χ0n) is 12.5.